The van der Waals surface area contributed by atoms with Gasteiger partial charge in [-0.1, -0.05) is 0 Å². The minimum atomic E-state index is -0.622. The van der Waals surface area contributed by atoms with E-state index >= 15 is 0 Å². The molecule has 9 heteroatoms. The molecule has 3 N–H and O–H groups in total. The second kappa shape index (κ2) is 8.65. The van der Waals surface area contributed by atoms with Gasteiger partial charge >= 0.3 is 6.03 Å². The van der Waals surface area contributed by atoms with Crippen molar-refractivity contribution in [2.24, 2.45) is 0 Å². The predicted molar refractivity (Wildman–Crippen MR) is 95.4 cm³/mol. The molecule has 1 aliphatic rings. The van der Waals surface area contributed by atoms with Crippen molar-refractivity contribution in [3.63, 3.8) is 0 Å². The SMILES string of the molecule is Cc1occc1C(=O)Nc1cc(NC(=O)NCC2COCCO2)ccc1F. The third kappa shape index (κ3) is 5.05. The zero-order chi connectivity index (χ0) is 19.2. The smallest absolute Gasteiger partial charge is 0.319 e. The lowest BCUT2D eigenvalue weighted by atomic mass is 10.2. The van der Waals surface area contributed by atoms with Crippen LogP contribution in [0.4, 0.5) is 20.6 Å². The van der Waals surface area contributed by atoms with Crippen molar-refractivity contribution in [1.82, 2.24) is 5.32 Å². The Labute approximate surface area is 155 Å². The summed E-state index contributed by atoms with van der Waals surface area (Å²) < 4.78 is 29.8. The van der Waals surface area contributed by atoms with Crippen LogP contribution in [-0.4, -0.2) is 44.4 Å². The van der Waals surface area contributed by atoms with Crippen molar-refractivity contribution >= 4 is 23.3 Å². The predicted octanol–water partition coefficient (Wildman–Crippen LogP) is 2.52. The topological polar surface area (TPSA) is 102 Å². The van der Waals surface area contributed by atoms with Crippen LogP contribution in [-0.2, 0) is 9.47 Å². The van der Waals surface area contributed by atoms with Crippen LogP contribution in [0.3, 0.4) is 0 Å². The number of urea groups is 1. The largest absolute Gasteiger partial charge is 0.469 e. The van der Waals surface area contributed by atoms with Crippen LogP contribution in [0.5, 0.6) is 0 Å². The normalized spacial score (nSPS) is 16.6. The molecule has 1 atom stereocenters. The van der Waals surface area contributed by atoms with E-state index in [1.165, 1.54) is 24.5 Å². The van der Waals surface area contributed by atoms with Crippen LogP contribution in [0.2, 0.25) is 0 Å². The fourth-order valence-electron chi connectivity index (χ4n) is 2.55. The molecule has 144 valence electrons. The van der Waals surface area contributed by atoms with Crippen LogP contribution in [0.15, 0.2) is 34.9 Å². The fraction of sp³-hybridized carbons (Fsp3) is 0.333. The van der Waals surface area contributed by atoms with Gasteiger partial charge in [0, 0.05) is 12.2 Å². The van der Waals surface area contributed by atoms with Gasteiger partial charge in [-0.3, -0.25) is 4.79 Å². The van der Waals surface area contributed by atoms with E-state index in [9.17, 15) is 14.0 Å². The molecule has 0 aliphatic carbocycles. The van der Waals surface area contributed by atoms with E-state index < -0.39 is 17.8 Å². The molecule has 1 unspecified atom stereocenters. The van der Waals surface area contributed by atoms with Gasteiger partial charge in [-0.25, -0.2) is 9.18 Å². The van der Waals surface area contributed by atoms with Crippen molar-refractivity contribution in [3.8, 4) is 0 Å². The van der Waals surface area contributed by atoms with Crippen LogP contribution < -0.4 is 16.0 Å². The summed E-state index contributed by atoms with van der Waals surface area (Å²) in [6, 6.07) is 4.91. The highest BCUT2D eigenvalue weighted by molar-refractivity contribution is 6.05. The molecule has 0 bridgehead atoms. The average Bonchev–Trinajstić information content (AvgIpc) is 3.10. The first-order valence-corrected chi connectivity index (χ1v) is 8.42. The van der Waals surface area contributed by atoms with Crippen LogP contribution in [0.25, 0.3) is 0 Å². The lowest BCUT2D eigenvalue weighted by Crippen LogP contribution is -2.41. The number of aryl methyl sites for hydroxylation is 1. The monoisotopic (exact) mass is 377 g/mol. The number of amides is 3. The standard InChI is InChI=1S/C18H20FN3O5/c1-11-14(4-5-26-11)17(23)22-16-8-12(2-3-15(16)19)21-18(24)20-9-13-10-25-6-7-27-13/h2-5,8,13H,6-7,9-10H2,1H3,(H,22,23)(H2,20,21,24). The third-order valence-corrected chi connectivity index (χ3v) is 3.95. The second-order valence-electron chi connectivity index (χ2n) is 5.94. The minimum Gasteiger partial charge on any atom is -0.469 e. The van der Waals surface area contributed by atoms with Crippen molar-refractivity contribution in [3.05, 3.63) is 47.7 Å². The van der Waals surface area contributed by atoms with Crippen LogP contribution >= 0.6 is 0 Å². The average molecular weight is 377 g/mol. The van der Waals surface area contributed by atoms with Crippen molar-refractivity contribution in [2.75, 3.05) is 37.0 Å². The van der Waals surface area contributed by atoms with Gasteiger partial charge in [0.25, 0.3) is 5.91 Å². The van der Waals surface area contributed by atoms with Gasteiger partial charge in [-0.2, -0.15) is 0 Å². The van der Waals surface area contributed by atoms with E-state index in [1.807, 2.05) is 0 Å². The molecule has 1 saturated heterocycles. The summed E-state index contributed by atoms with van der Waals surface area (Å²) in [7, 11) is 0. The fourth-order valence-corrected chi connectivity index (χ4v) is 2.55. The summed E-state index contributed by atoms with van der Waals surface area (Å²) >= 11 is 0. The molecule has 2 heterocycles. The molecule has 1 fully saturated rings. The number of benzene rings is 1. The van der Waals surface area contributed by atoms with Gasteiger partial charge in [0.05, 0.1) is 43.4 Å². The Kier molecular flexibility index (Phi) is 6.05. The lowest BCUT2D eigenvalue weighted by Gasteiger charge is -2.23. The number of furan rings is 1. The number of halogens is 1. The Morgan fingerprint density at radius 3 is 2.78 bits per heavy atom. The van der Waals surface area contributed by atoms with Crippen molar-refractivity contribution in [2.45, 2.75) is 13.0 Å². The molecule has 1 aliphatic heterocycles. The van der Waals surface area contributed by atoms with E-state index in [2.05, 4.69) is 16.0 Å². The Morgan fingerprint density at radius 2 is 2.07 bits per heavy atom. The highest BCUT2D eigenvalue weighted by Crippen LogP contribution is 2.21. The minimum absolute atomic E-state index is 0.0533. The molecule has 2 aromatic rings. The molecule has 1 aromatic carbocycles. The van der Waals surface area contributed by atoms with E-state index in [-0.39, 0.29) is 18.3 Å². The summed E-state index contributed by atoms with van der Waals surface area (Å²) in [5, 5.41) is 7.71. The van der Waals surface area contributed by atoms with Gasteiger partial charge in [-0.05, 0) is 31.2 Å². The Morgan fingerprint density at radius 1 is 1.22 bits per heavy atom. The first-order valence-electron chi connectivity index (χ1n) is 8.42. The van der Waals surface area contributed by atoms with Crippen LogP contribution in [0.1, 0.15) is 16.1 Å². The summed E-state index contributed by atoms with van der Waals surface area (Å²) in [5.41, 5.74) is 0.580. The first kappa shape index (κ1) is 18.9. The van der Waals surface area contributed by atoms with Gasteiger partial charge in [0.15, 0.2) is 0 Å². The number of carbonyl (C=O) groups is 2. The number of hydrogen-bond acceptors (Lipinski definition) is 5. The second-order valence-corrected chi connectivity index (χ2v) is 5.94. The van der Waals surface area contributed by atoms with Gasteiger partial charge in [0.2, 0.25) is 0 Å². The molecule has 0 spiro atoms. The Hall–Kier alpha value is -2.91. The zero-order valence-electron chi connectivity index (χ0n) is 14.7. The van der Waals surface area contributed by atoms with E-state index in [0.29, 0.717) is 36.8 Å². The van der Waals surface area contributed by atoms with E-state index in [0.717, 1.165) is 6.07 Å². The number of carbonyl (C=O) groups excluding carboxylic acids is 2. The molecule has 0 saturated carbocycles. The Bertz CT molecular complexity index is 817. The van der Waals surface area contributed by atoms with Crippen LogP contribution in [0, 0.1) is 12.7 Å². The molecule has 1 aromatic heterocycles. The molecule has 3 amide bonds. The highest BCUT2D eigenvalue weighted by Gasteiger charge is 2.16. The molecule has 3 rings (SSSR count). The van der Waals surface area contributed by atoms with Crippen molar-refractivity contribution in [1.29, 1.82) is 0 Å². The maximum absolute atomic E-state index is 14.0. The number of hydrogen-bond donors (Lipinski definition) is 3. The highest BCUT2D eigenvalue weighted by atomic mass is 19.1. The maximum atomic E-state index is 14.0. The molecule has 27 heavy (non-hydrogen) atoms. The molecule has 8 nitrogen and oxygen atoms in total. The maximum Gasteiger partial charge on any atom is 0.319 e. The quantitative estimate of drug-likeness (QED) is 0.743. The van der Waals surface area contributed by atoms with Gasteiger partial charge in [0.1, 0.15) is 11.6 Å². The van der Waals surface area contributed by atoms with E-state index in [1.54, 1.807) is 6.92 Å². The number of ether oxygens (including phenoxy) is 2. The molecular weight excluding hydrogens is 357 g/mol. The number of anilines is 2. The third-order valence-electron chi connectivity index (χ3n) is 3.95. The van der Waals surface area contributed by atoms with Crippen molar-refractivity contribution < 1.29 is 27.9 Å². The number of nitrogens with one attached hydrogen (secondary N) is 3. The summed E-state index contributed by atoms with van der Waals surface area (Å²) in [5.74, 6) is -0.699. The summed E-state index contributed by atoms with van der Waals surface area (Å²) in [6.45, 7) is 3.38. The first-order chi connectivity index (χ1) is 13.0. The Balaban J connectivity index is 1.58. The summed E-state index contributed by atoms with van der Waals surface area (Å²) in [6.07, 6.45) is 1.18. The van der Waals surface area contributed by atoms with Gasteiger partial charge < -0.3 is 29.8 Å². The van der Waals surface area contributed by atoms with E-state index in [4.69, 9.17) is 13.9 Å². The lowest BCUT2D eigenvalue weighted by molar-refractivity contribution is -0.0852. The van der Waals surface area contributed by atoms with Gasteiger partial charge in [-0.15, -0.1) is 0 Å². The zero-order valence-corrected chi connectivity index (χ0v) is 14.7. The molecule has 0 radical (unpaired) electrons. The molecular formula is C18H20FN3O5. The number of rotatable bonds is 5. The summed E-state index contributed by atoms with van der Waals surface area (Å²) in [4.78, 5) is 24.2.